The monoisotopic (exact) mass is 264 g/mol. The van der Waals surface area contributed by atoms with E-state index in [4.69, 9.17) is 0 Å². The molecule has 0 unspecified atom stereocenters. The minimum Gasteiger partial charge on any atom is -0.303 e. The number of rotatable bonds is 4. The molecule has 0 spiro atoms. The normalized spacial score (nSPS) is 10.4. The molecule has 0 atom stereocenters. The SMILES string of the molecule is CC.O=CCCSc1ccc(C(F)(F)F)cc1. The first kappa shape index (κ1) is 16.0. The molecule has 1 nitrogen and oxygen atoms in total. The van der Waals surface area contributed by atoms with Gasteiger partial charge in [0.05, 0.1) is 5.56 Å². The molecule has 1 rings (SSSR count). The van der Waals surface area contributed by atoms with Crippen molar-refractivity contribution in [3.05, 3.63) is 29.8 Å². The van der Waals surface area contributed by atoms with Gasteiger partial charge in [-0.15, -0.1) is 11.8 Å². The summed E-state index contributed by atoms with van der Waals surface area (Å²) in [6.45, 7) is 4.00. The molecule has 0 amide bonds. The third kappa shape index (κ3) is 6.36. The maximum atomic E-state index is 12.2. The number of hydrogen-bond acceptors (Lipinski definition) is 2. The summed E-state index contributed by atoms with van der Waals surface area (Å²) in [5.41, 5.74) is -0.651. The lowest BCUT2D eigenvalue weighted by molar-refractivity contribution is -0.137. The lowest BCUT2D eigenvalue weighted by atomic mass is 10.2. The molecule has 0 saturated heterocycles. The van der Waals surface area contributed by atoms with Crippen LogP contribution in [0.4, 0.5) is 13.2 Å². The van der Waals surface area contributed by atoms with Crippen LogP contribution in [-0.2, 0) is 11.0 Å². The highest BCUT2D eigenvalue weighted by atomic mass is 32.2. The maximum Gasteiger partial charge on any atom is 0.416 e. The second kappa shape index (κ2) is 8.17. The maximum absolute atomic E-state index is 12.2. The van der Waals surface area contributed by atoms with Crippen molar-refractivity contribution in [3.63, 3.8) is 0 Å². The topological polar surface area (TPSA) is 17.1 Å². The zero-order valence-corrected chi connectivity index (χ0v) is 10.6. The molecule has 0 fully saturated rings. The van der Waals surface area contributed by atoms with Crippen LogP contribution in [0.3, 0.4) is 0 Å². The molecule has 0 heterocycles. The molecular formula is C12H15F3OS. The Morgan fingerprint density at radius 3 is 2.12 bits per heavy atom. The van der Waals surface area contributed by atoms with E-state index < -0.39 is 11.7 Å². The van der Waals surface area contributed by atoms with Gasteiger partial charge in [-0.3, -0.25) is 0 Å². The van der Waals surface area contributed by atoms with Gasteiger partial charge in [0.2, 0.25) is 0 Å². The van der Waals surface area contributed by atoms with Crippen LogP contribution in [0.1, 0.15) is 25.8 Å². The van der Waals surface area contributed by atoms with E-state index in [1.54, 1.807) is 0 Å². The van der Waals surface area contributed by atoms with Gasteiger partial charge in [0.1, 0.15) is 6.29 Å². The van der Waals surface area contributed by atoms with E-state index in [1.807, 2.05) is 13.8 Å². The third-order valence-electron chi connectivity index (χ3n) is 1.69. The van der Waals surface area contributed by atoms with E-state index in [0.717, 1.165) is 23.3 Å². The van der Waals surface area contributed by atoms with Crippen LogP contribution in [0.5, 0.6) is 0 Å². The molecule has 0 bridgehead atoms. The van der Waals surface area contributed by atoms with Crippen LogP contribution in [0, 0.1) is 0 Å². The van der Waals surface area contributed by atoms with Crippen molar-refractivity contribution in [2.24, 2.45) is 0 Å². The highest BCUT2D eigenvalue weighted by molar-refractivity contribution is 7.99. The molecule has 96 valence electrons. The average Bonchev–Trinajstić information content (AvgIpc) is 2.32. The van der Waals surface area contributed by atoms with Crippen LogP contribution in [0.15, 0.2) is 29.2 Å². The van der Waals surface area contributed by atoms with Gasteiger partial charge < -0.3 is 4.79 Å². The quantitative estimate of drug-likeness (QED) is 0.455. The van der Waals surface area contributed by atoms with Crippen molar-refractivity contribution in [3.8, 4) is 0 Å². The lowest BCUT2D eigenvalue weighted by Gasteiger charge is -2.06. The number of hydrogen-bond donors (Lipinski definition) is 0. The second-order valence-corrected chi connectivity index (χ2v) is 3.99. The number of benzene rings is 1. The van der Waals surface area contributed by atoms with Gasteiger partial charge in [-0.25, -0.2) is 0 Å². The zero-order chi connectivity index (χ0) is 13.3. The number of aldehydes is 1. The Balaban J connectivity index is 0.00000121. The van der Waals surface area contributed by atoms with E-state index in [9.17, 15) is 18.0 Å². The second-order valence-electron chi connectivity index (χ2n) is 2.83. The lowest BCUT2D eigenvalue weighted by Crippen LogP contribution is -2.03. The number of halogens is 3. The van der Waals surface area contributed by atoms with Crippen LogP contribution in [0.2, 0.25) is 0 Å². The van der Waals surface area contributed by atoms with Crippen LogP contribution in [-0.4, -0.2) is 12.0 Å². The highest BCUT2D eigenvalue weighted by Crippen LogP contribution is 2.30. The van der Waals surface area contributed by atoms with E-state index in [0.29, 0.717) is 12.2 Å². The molecule has 0 saturated carbocycles. The summed E-state index contributed by atoms with van der Waals surface area (Å²) in [5, 5.41) is 0. The van der Waals surface area contributed by atoms with Gasteiger partial charge in [0, 0.05) is 17.1 Å². The first-order valence-corrected chi connectivity index (χ1v) is 6.26. The smallest absolute Gasteiger partial charge is 0.303 e. The summed E-state index contributed by atoms with van der Waals surface area (Å²) in [6, 6.07) is 4.92. The third-order valence-corrected chi connectivity index (χ3v) is 2.73. The molecule has 0 aliphatic rings. The Morgan fingerprint density at radius 2 is 1.71 bits per heavy atom. The van der Waals surface area contributed by atoms with Crippen LogP contribution in [0.25, 0.3) is 0 Å². The molecule has 1 aromatic rings. The van der Waals surface area contributed by atoms with Gasteiger partial charge in [0.15, 0.2) is 0 Å². The molecule has 0 N–H and O–H groups in total. The number of carbonyl (C=O) groups excluding carboxylic acids is 1. The summed E-state index contributed by atoms with van der Waals surface area (Å²) in [6.07, 6.45) is -3.09. The van der Waals surface area contributed by atoms with Gasteiger partial charge in [-0.2, -0.15) is 13.2 Å². The summed E-state index contributed by atoms with van der Waals surface area (Å²) >= 11 is 1.37. The first-order valence-electron chi connectivity index (χ1n) is 5.28. The molecule has 5 heteroatoms. The summed E-state index contributed by atoms with van der Waals surface area (Å²) in [4.78, 5) is 10.8. The van der Waals surface area contributed by atoms with E-state index in [-0.39, 0.29) is 0 Å². The van der Waals surface area contributed by atoms with Crippen molar-refractivity contribution in [2.45, 2.75) is 31.3 Å². The molecule has 0 aliphatic heterocycles. The number of thioether (sulfide) groups is 1. The molecule has 1 aromatic carbocycles. The Kier molecular flexibility index (Phi) is 7.70. The Labute approximate surface area is 103 Å². The minimum atomic E-state index is -4.29. The fourth-order valence-corrected chi connectivity index (χ4v) is 1.74. The largest absolute Gasteiger partial charge is 0.416 e. The predicted molar refractivity (Wildman–Crippen MR) is 64.2 cm³/mol. The van der Waals surface area contributed by atoms with Crippen molar-refractivity contribution in [2.75, 3.05) is 5.75 Å². The van der Waals surface area contributed by atoms with E-state index in [2.05, 4.69) is 0 Å². The standard InChI is InChI=1S/C10H9F3OS.C2H6/c11-10(12,13)8-2-4-9(5-3-8)15-7-1-6-14;1-2/h2-6H,1,7H2;1-2H3. The van der Waals surface area contributed by atoms with Crippen molar-refractivity contribution < 1.29 is 18.0 Å². The fourth-order valence-electron chi connectivity index (χ4n) is 0.965. The first-order chi connectivity index (χ1) is 8.04. The van der Waals surface area contributed by atoms with Crippen LogP contribution >= 0.6 is 11.8 Å². The molecule has 0 aromatic heterocycles. The van der Waals surface area contributed by atoms with Crippen LogP contribution < -0.4 is 0 Å². The van der Waals surface area contributed by atoms with Gasteiger partial charge in [-0.05, 0) is 24.3 Å². The van der Waals surface area contributed by atoms with Crippen molar-refractivity contribution in [1.82, 2.24) is 0 Å². The molecule has 17 heavy (non-hydrogen) atoms. The Hall–Kier alpha value is -0.970. The zero-order valence-electron chi connectivity index (χ0n) is 9.75. The number of alkyl halides is 3. The summed E-state index contributed by atoms with van der Waals surface area (Å²) < 4.78 is 36.5. The minimum absolute atomic E-state index is 0.408. The van der Waals surface area contributed by atoms with Crippen molar-refractivity contribution >= 4 is 18.0 Å². The van der Waals surface area contributed by atoms with Crippen molar-refractivity contribution in [1.29, 1.82) is 0 Å². The van der Waals surface area contributed by atoms with Gasteiger partial charge >= 0.3 is 6.18 Å². The van der Waals surface area contributed by atoms with Gasteiger partial charge in [-0.1, -0.05) is 13.8 Å². The van der Waals surface area contributed by atoms with Gasteiger partial charge in [0.25, 0.3) is 0 Å². The molecule has 0 radical (unpaired) electrons. The molecule has 0 aliphatic carbocycles. The van der Waals surface area contributed by atoms with E-state index >= 15 is 0 Å². The fraction of sp³-hybridized carbons (Fsp3) is 0.417. The average molecular weight is 264 g/mol. The summed E-state index contributed by atoms with van der Waals surface area (Å²) in [7, 11) is 0. The van der Waals surface area contributed by atoms with E-state index in [1.165, 1.54) is 23.9 Å². The summed E-state index contributed by atoms with van der Waals surface area (Å²) in [5.74, 6) is 0.592. The highest BCUT2D eigenvalue weighted by Gasteiger charge is 2.29. The predicted octanol–water partition coefficient (Wildman–Crippen LogP) is 4.41. The number of carbonyl (C=O) groups is 1. The Morgan fingerprint density at radius 1 is 1.18 bits per heavy atom. The Bertz CT molecular complexity index is 320. The molecular weight excluding hydrogens is 249 g/mol.